The third-order valence-electron chi connectivity index (χ3n) is 3.65. The molecule has 1 aromatic rings. The SMILES string of the molecule is CCNC(=NCCC(=O)NC(C)CC)N(C)Cc1ccc(Cl)cc1. The van der Waals surface area contributed by atoms with E-state index in [1.807, 2.05) is 50.1 Å². The molecule has 0 aliphatic carbocycles. The molecule has 1 atom stereocenters. The molecule has 2 N–H and O–H groups in total. The number of aliphatic imine (C=N–C) groups is 1. The van der Waals surface area contributed by atoms with Crippen LogP contribution in [0.1, 0.15) is 39.2 Å². The van der Waals surface area contributed by atoms with Gasteiger partial charge in [-0.2, -0.15) is 0 Å². The van der Waals surface area contributed by atoms with E-state index in [1.165, 1.54) is 0 Å². The molecule has 0 spiro atoms. The average Bonchev–Trinajstić information content (AvgIpc) is 2.56. The quantitative estimate of drug-likeness (QED) is 0.558. The summed E-state index contributed by atoms with van der Waals surface area (Å²) >= 11 is 5.92. The van der Waals surface area contributed by atoms with Crippen LogP contribution in [0.15, 0.2) is 29.3 Å². The van der Waals surface area contributed by atoms with Crippen molar-refractivity contribution in [1.82, 2.24) is 15.5 Å². The fraction of sp³-hybridized carbons (Fsp3) is 0.556. The number of guanidine groups is 1. The van der Waals surface area contributed by atoms with Gasteiger partial charge in [-0.3, -0.25) is 9.79 Å². The number of nitrogens with zero attached hydrogens (tertiary/aromatic N) is 2. The van der Waals surface area contributed by atoms with Crippen molar-refractivity contribution in [3.63, 3.8) is 0 Å². The summed E-state index contributed by atoms with van der Waals surface area (Å²) in [6.45, 7) is 8.06. The predicted molar refractivity (Wildman–Crippen MR) is 101 cm³/mol. The smallest absolute Gasteiger partial charge is 0.222 e. The number of hydrogen-bond acceptors (Lipinski definition) is 2. The molecule has 5 nitrogen and oxygen atoms in total. The van der Waals surface area contributed by atoms with E-state index in [1.54, 1.807) is 0 Å². The maximum Gasteiger partial charge on any atom is 0.222 e. The lowest BCUT2D eigenvalue weighted by Gasteiger charge is -2.22. The van der Waals surface area contributed by atoms with Crippen molar-refractivity contribution in [3.05, 3.63) is 34.9 Å². The number of hydrogen-bond donors (Lipinski definition) is 2. The van der Waals surface area contributed by atoms with Crippen LogP contribution in [-0.2, 0) is 11.3 Å². The standard InChI is InChI=1S/C18H29ClN4O/c1-5-14(3)22-17(24)11-12-21-18(20-6-2)23(4)13-15-7-9-16(19)10-8-15/h7-10,14H,5-6,11-13H2,1-4H3,(H,20,21)(H,22,24). The first kappa shape index (κ1) is 20.3. The summed E-state index contributed by atoms with van der Waals surface area (Å²) in [5.74, 6) is 0.841. The molecule has 0 saturated carbocycles. The normalized spacial score (nSPS) is 12.6. The summed E-state index contributed by atoms with van der Waals surface area (Å²) < 4.78 is 0. The fourth-order valence-corrected chi connectivity index (χ4v) is 2.25. The molecule has 1 rings (SSSR count). The molecule has 134 valence electrons. The number of nitrogens with one attached hydrogen (secondary N) is 2. The van der Waals surface area contributed by atoms with Gasteiger partial charge in [-0.05, 0) is 38.0 Å². The Balaban J connectivity index is 2.57. The summed E-state index contributed by atoms with van der Waals surface area (Å²) in [7, 11) is 1.98. The van der Waals surface area contributed by atoms with Gasteiger partial charge in [-0.15, -0.1) is 0 Å². The third kappa shape index (κ3) is 7.68. The molecular weight excluding hydrogens is 324 g/mol. The molecule has 1 unspecified atom stereocenters. The van der Waals surface area contributed by atoms with Crippen molar-refractivity contribution in [2.24, 2.45) is 4.99 Å². The van der Waals surface area contributed by atoms with Gasteiger partial charge in [0.1, 0.15) is 0 Å². The van der Waals surface area contributed by atoms with Crippen molar-refractivity contribution in [2.45, 2.75) is 46.2 Å². The van der Waals surface area contributed by atoms with Crippen LogP contribution in [0, 0.1) is 0 Å². The highest BCUT2D eigenvalue weighted by atomic mass is 35.5. The first-order valence-electron chi connectivity index (χ1n) is 8.49. The van der Waals surface area contributed by atoms with Crippen molar-refractivity contribution < 1.29 is 4.79 Å². The Morgan fingerprint density at radius 3 is 2.54 bits per heavy atom. The van der Waals surface area contributed by atoms with E-state index in [-0.39, 0.29) is 11.9 Å². The maximum atomic E-state index is 11.8. The highest BCUT2D eigenvalue weighted by Crippen LogP contribution is 2.11. The van der Waals surface area contributed by atoms with Crippen LogP contribution in [-0.4, -0.2) is 42.9 Å². The summed E-state index contributed by atoms with van der Waals surface area (Å²) in [6, 6.07) is 7.98. The molecule has 0 aromatic heterocycles. The molecule has 0 saturated heterocycles. The number of carbonyl (C=O) groups excluding carboxylic acids is 1. The zero-order valence-corrected chi connectivity index (χ0v) is 15.9. The Morgan fingerprint density at radius 1 is 1.29 bits per heavy atom. The van der Waals surface area contributed by atoms with Crippen LogP contribution < -0.4 is 10.6 Å². The van der Waals surface area contributed by atoms with Crippen LogP contribution in [0.3, 0.4) is 0 Å². The second-order valence-corrected chi connectivity index (χ2v) is 6.28. The lowest BCUT2D eigenvalue weighted by molar-refractivity contribution is -0.121. The summed E-state index contributed by atoms with van der Waals surface area (Å²) in [4.78, 5) is 18.4. The van der Waals surface area contributed by atoms with Crippen LogP contribution >= 0.6 is 11.6 Å². The first-order valence-corrected chi connectivity index (χ1v) is 8.87. The topological polar surface area (TPSA) is 56.7 Å². The Hall–Kier alpha value is -1.75. The van der Waals surface area contributed by atoms with E-state index in [4.69, 9.17) is 11.6 Å². The average molecular weight is 353 g/mol. The molecule has 6 heteroatoms. The monoisotopic (exact) mass is 352 g/mol. The minimum absolute atomic E-state index is 0.0457. The lowest BCUT2D eigenvalue weighted by Crippen LogP contribution is -2.39. The fourth-order valence-electron chi connectivity index (χ4n) is 2.12. The van der Waals surface area contributed by atoms with Gasteiger partial charge in [-0.1, -0.05) is 30.7 Å². The number of benzene rings is 1. The number of carbonyl (C=O) groups is 1. The predicted octanol–water partition coefficient (Wildman–Crippen LogP) is 3.04. The van der Waals surface area contributed by atoms with Gasteiger partial charge in [0.15, 0.2) is 5.96 Å². The van der Waals surface area contributed by atoms with Gasteiger partial charge >= 0.3 is 0 Å². The Morgan fingerprint density at radius 2 is 1.96 bits per heavy atom. The second kappa shape index (κ2) is 10.9. The largest absolute Gasteiger partial charge is 0.357 e. The summed E-state index contributed by atoms with van der Waals surface area (Å²) in [5.41, 5.74) is 1.15. The van der Waals surface area contributed by atoms with Crippen LogP contribution in [0.25, 0.3) is 0 Å². The number of rotatable bonds is 8. The van der Waals surface area contributed by atoms with E-state index < -0.39 is 0 Å². The minimum Gasteiger partial charge on any atom is -0.357 e. The van der Waals surface area contributed by atoms with Crippen molar-refractivity contribution in [2.75, 3.05) is 20.1 Å². The molecule has 0 bridgehead atoms. The zero-order valence-electron chi connectivity index (χ0n) is 15.1. The third-order valence-corrected chi connectivity index (χ3v) is 3.90. The van der Waals surface area contributed by atoms with Gasteiger partial charge in [0.05, 0.1) is 6.54 Å². The van der Waals surface area contributed by atoms with Crippen LogP contribution in [0.4, 0.5) is 0 Å². The van der Waals surface area contributed by atoms with E-state index in [9.17, 15) is 4.79 Å². The maximum absolute atomic E-state index is 11.8. The van der Waals surface area contributed by atoms with E-state index in [0.29, 0.717) is 13.0 Å². The van der Waals surface area contributed by atoms with Crippen molar-refractivity contribution in [3.8, 4) is 0 Å². The highest BCUT2D eigenvalue weighted by molar-refractivity contribution is 6.30. The Bertz CT molecular complexity index is 530. The molecule has 1 amide bonds. The minimum atomic E-state index is 0.0457. The van der Waals surface area contributed by atoms with E-state index >= 15 is 0 Å². The molecule has 0 heterocycles. The van der Waals surface area contributed by atoms with E-state index in [2.05, 4.69) is 22.5 Å². The number of halogens is 1. The van der Waals surface area contributed by atoms with Gasteiger partial charge in [0.25, 0.3) is 0 Å². The first-order chi connectivity index (χ1) is 11.5. The Labute approximate surface area is 150 Å². The molecule has 0 aliphatic rings. The molecule has 0 fully saturated rings. The molecule has 1 aromatic carbocycles. The van der Waals surface area contributed by atoms with Crippen LogP contribution in [0.5, 0.6) is 0 Å². The zero-order chi connectivity index (χ0) is 17.9. The van der Waals surface area contributed by atoms with Gasteiger partial charge in [0.2, 0.25) is 5.91 Å². The van der Waals surface area contributed by atoms with Gasteiger partial charge < -0.3 is 15.5 Å². The number of amides is 1. The summed E-state index contributed by atoms with van der Waals surface area (Å²) in [6.07, 6.45) is 1.33. The molecule has 0 radical (unpaired) electrons. The second-order valence-electron chi connectivity index (χ2n) is 5.84. The van der Waals surface area contributed by atoms with Gasteiger partial charge in [-0.25, -0.2) is 0 Å². The van der Waals surface area contributed by atoms with Crippen molar-refractivity contribution >= 4 is 23.5 Å². The molecular formula is C18H29ClN4O. The van der Waals surface area contributed by atoms with E-state index in [0.717, 1.165) is 36.1 Å². The highest BCUT2D eigenvalue weighted by Gasteiger charge is 2.08. The van der Waals surface area contributed by atoms with Crippen molar-refractivity contribution in [1.29, 1.82) is 0 Å². The van der Waals surface area contributed by atoms with Crippen LogP contribution in [0.2, 0.25) is 5.02 Å². The van der Waals surface area contributed by atoms with Gasteiger partial charge in [0, 0.05) is 37.6 Å². The summed E-state index contributed by atoms with van der Waals surface area (Å²) in [5, 5.41) is 6.94. The lowest BCUT2D eigenvalue weighted by atomic mass is 10.2. The molecule has 24 heavy (non-hydrogen) atoms. The molecule has 0 aliphatic heterocycles. The Kier molecular flexibility index (Phi) is 9.23.